The van der Waals surface area contributed by atoms with Crippen molar-refractivity contribution in [1.29, 1.82) is 0 Å². The summed E-state index contributed by atoms with van der Waals surface area (Å²) in [6.45, 7) is 7.98. The maximum atomic E-state index is 13.1. The van der Waals surface area contributed by atoms with E-state index in [-0.39, 0.29) is 6.03 Å². The molecular weight excluding hydrogens is 438 g/mol. The number of amides is 2. The molecule has 1 fully saturated rings. The molecule has 2 amide bonds. The number of carbonyl (C=O) groups is 1. The zero-order valence-electron chi connectivity index (χ0n) is 20.5. The van der Waals surface area contributed by atoms with E-state index in [9.17, 15) is 4.79 Å². The minimum Gasteiger partial charge on any atom is -0.494 e. The Hall–Kier alpha value is -3.61. The normalized spacial score (nSPS) is 16.1. The molecule has 182 valence electrons. The monoisotopic (exact) mass is 471 g/mol. The molecule has 0 aliphatic carbocycles. The molecule has 1 aromatic heterocycles. The summed E-state index contributed by atoms with van der Waals surface area (Å²) < 4.78 is 5.50. The summed E-state index contributed by atoms with van der Waals surface area (Å²) in [5, 5.41) is 3.03. The number of nitrogens with one attached hydrogen (secondary N) is 1. The van der Waals surface area contributed by atoms with E-state index >= 15 is 0 Å². The van der Waals surface area contributed by atoms with Crippen molar-refractivity contribution in [2.24, 2.45) is 5.92 Å². The quantitative estimate of drug-likeness (QED) is 0.542. The fraction of sp³-hybridized carbons (Fsp3) is 0.393. The van der Waals surface area contributed by atoms with Crippen molar-refractivity contribution in [2.45, 2.75) is 39.7 Å². The topological polar surface area (TPSA) is 70.6 Å². The van der Waals surface area contributed by atoms with Crippen molar-refractivity contribution in [3.8, 4) is 17.1 Å². The molecule has 2 aromatic carbocycles. The minimum absolute atomic E-state index is 0.106. The van der Waals surface area contributed by atoms with Crippen LogP contribution in [0.2, 0.25) is 0 Å². The molecule has 3 heterocycles. The number of rotatable bonds is 5. The van der Waals surface area contributed by atoms with E-state index in [0.29, 0.717) is 26.1 Å². The summed E-state index contributed by atoms with van der Waals surface area (Å²) in [5.74, 6) is 3.28. The van der Waals surface area contributed by atoms with Crippen LogP contribution in [0.1, 0.15) is 37.9 Å². The second-order valence-corrected chi connectivity index (χ2v) is 9.39. The highest BCUT2D eigenvalue weighted by molar-refractivity contribution is 5.89. The number of anilines is 2. The van der Waals surface area contributed by atoms with E-state index in [1.165, 1.54) is 0 Å². The first-order valence-electron chi connectivity index (χ1n) is 12.6. The van der Waals surface area contributed by atoms with Crippen LogP contribution in [0.15, 0.2) is 54.6 Å². The lowest BCUT2D eigenvalue weighted by molar-refractivity contribution is 0.206. The third kappa shape index (κ3) is 5.24. The molecule has 5 rings (SSSR count). The number of urea groups is 1. The summed E-state index contributed by atoms with van der Waals surface area (Å²) in [5.41, 5.74) is 3.91. The molecule has 0 bridgehead atoms. The molecule has 7 nitrogen and oxygen atoms in total. The first-order valence-corrected chi connectivity index (χ1v) is 12.6. The Kier molecular flexibility index (Phi) is 6.84. The molecule has 0 radical (unpaired) electrons. The van der Waals surface area contributed by atoms with Crippen LogP contribution in [-0.4, -0.2) is 47.1 Å². The number of nitrogens with zero attached hydrogens (tertiary/aromatic N) is 4. The molecular formula is C28H33N5O2. The Balaban J connectivity index is 1.39. The van der Waals surface area contributed by atoms with Crippen molar-refractivity contribution >= 4 is 17.5 Å². The van der Waals surface area contributed by atoms with E-state index in [1.54, 1.807) is 0 Å². The number of hydrogen-bond donors (Lipinski definition) is 1. The van der Waals surface area contributed by atoms with Gasteiger partial charge in [0.25, 0.3) is 0 Å². The van der Waals surface area contributed by atoms with E-state index in [0.717, 1.165) is 71.7 Å². The Morgan fingerprint density at radius 1 is 1.03 bits per heavy atom. The van der Waals surface area contributed by atoms with E-state index < -0.39 is 0 Å². The number of ether oxygens (including phenoxy) is 1. The SMILES string of the molecule is CCOc1ccc(NC(=O)N2CCc3nc(-c4ccccc4)nc(N4CCC(C)CC4)c3C2)cc1. The van der Waals surface area contributed by atoms with Crippen LogP contribution in [0.5, 0.6) is 5.75 Å². The Labute approximate surface area is 207 Å². The summed E-state index contributed by atoms with van der Waals surface area (Å²) in [6.07, 6.45) is 3.02. The van der Waals surface area contributed by atoms with Crippen LogP contribution in [0.3, 0.4) is 0 Å². The second kappa shape index (κ2) is 10.3. The fourth-order valence-corrected chi connectivity index (χ4v) is 4.77. The second-order valence-electron chi connectivity index (χ2n) is 9.39. The highest BCUT2D eigenvalue weighted by Crippen LogP contribution is 2.32. The highest BCUT2D eigenvalue weighted by atomic mass is 16.5. The molecule has 0 spiro atoms. The van der Waals surface area contributed by atoms with Gasteiger partial charge in [0.1, 0.15) is 11.6 Å². The molecule has 2 aliphatic heterocycles. The van der Waals surface area contributed by atoms with Gasteiger partial charge in [0.05, 0.1) is 18.8 Å². The van der Waals surface area contributed by atoms with E-state index in [1.807, 2.05) is 54.3 Å². The van der Waals surface area contributed by atoms with Gasteiger partial charge in [0.15, 0.2) is 5.82 Å². The van der Waals surface area contributed by atoms with Gasteiger partial charge in [-0.3, -0.25) is 0 Å². The number of hydrogen-bond acceptors (Lipinski definition) is 5. The average molecular weight is 472 g/mol. The van der Waals surface area contributed by atoms with Crippen LogP contribution >= 0.6 is 0 Å². The zero-order valence-corrected chi connectivity index (χ0v) is 20.5. The molecule has 1 N–H and O–H groups in total. The molecule has 3 aromatic rings. The van der Waals surface area contributed by atoms with Gasteiger partial charge in [0.2, 0.25) is 0 Å². The molecule has 2 aliphatic rings. The predicted octanol–water partition coefficient (Wildman–Crippen LogP) is 5.37. The summed E-state index contributed by atoms with van der Waals surface area (Å²) in [6, 6.07) is 17.6. The first kappa shape index (κ1) is 23.1. The largest absolute Gasteiger partial charge is 0.494 e. The maximum absolute atomic E-state index is 13.1. The van der Waals surface area contributed by atoms with Crippen LogP contribution < -0.4 is 15.0 Å². The van der Waals surface area contributed by atoms with E-state index in [2.05, 4.69) is 29.3 Å². The molecule has 7 heteroatoms. The van der Waals surface area contributed by atoms with Gasteiger partial charge in [-0.2, -0.15) is 0 Å². The Morgan fingerprint density at radius 3 is 2.49 bits per heavy atom. The van der Waals surface area contributed by atoms with Crippen LogP contribution in [0.25, 0.3) is 11.4 Å². The molecule has 0 unspecified atom stereocenters. The molecule has 0 atom stereocenters. The van der Waals surface area contributed by atoms with Crippen molar-refractivity contribution in [1.82, 2.24) is 14.9 Å². The number of aromatic nitrogens is 2. The Bertz CT molecular complexity index is 1160. The number of carbonyl (C=O) groups excluding carboxylic acids is 1. The molecule has 0 saturated carbocycles. The van der Waals surface area contributed by atoms with Gasteiger partial charge in [-0.05, 0) is 49.9 Å². The first-order chi connectivity index (χ1) is 17.1. The smallest absolute Gasteiger partial charge is 0.322 e. The van der Waals surface area contributed by atoms with Gasteiger partial charge in [-0.15, -0.1) is 0 Å². The third-order valence-corrected chi connectivity index (χ3v) is 6.86. The number of benzene rings is 2. The lowest BCUT2D eigenvalue weighted by Gasteiger charge is -2.36. The summed E-state index contributed by atoms with van der Waals surface area (Å²) >= 11 is 0. The van der Waals surface area contributed by atoms with Gasteiger partial charge in [-0.25, -0.2) is 14.8 Å². The van der Waals surface area contributed by atoms with Crippen molar-refractivity contribution in [3.63, 3.8) is 0 Å². The van der Waals surface area contributed by atoms with Crippen molar-refractivity contribution < 1.29 is 9.53 Å². The van der Waals surface area contributed by atoms with Crippen molar-refractivity contribution in [2.75, 3.05) is 36.5 Å². The Morgan fingerprint density at radius 2 is 1.77 bits per heavy atom. The van der Waals surface area contributed by atoms with Crippen LogP contribution in [-0.2, 0) is 13.0 Å². The van der Waals surface area contributed by atoms with Crippen molar-refractivity contribution in [3.05, 3.63) is 65.9 Å². The number of piperidine rings is 1. The predicted molar refractivity (Wildman–Crippen MR) is 139 cm³/mol. The van der Waals surface area contributed by atoms with Crippen LogP contribution in [0, 0.1) is 5.92 Å². The van der Waals surface area contributed by atoms with Gasteiger partial charge >= 0.3 is 6.03 Å². The lowest BCUT2D eigenvalue weighted by Crippen LogP contribution is -2.41. The van der Waals surface area contributed by atoms with Gasteiger partial charge < -0.3 is 19.9 Å². The third-order valence-electron chi connectivity index (χ3n) is 6.86. The molecule has 1 saturated heterocycles. The zero-order chi connectivity index (χ0) is 24.2. The van der Waals surface area contributed by atoms with Gasteiger partial charge in [-0.1, -0.05) is 37.3 Å². The van der Waals surface area contributed by atoms with Crippen LogP contribution in [0.4, 0.5) is 16.3 Å². The average Bonchev–Trinajstić information content (AvgIpc) is 2.90. The standard InChI is InChI=1S/C28H33N5O2/c1-3-35-23-11-9-22(10-12-23)29-28(34)33-18-15-25-24(19-33)27(32-16-13-20(2)14-17-32)31-26(30-25)21-7-5-4-6-8-21/h4-12,20H,3,13-19H2,1-2H3,(H,29,34). The minimum atomic E-state index is -0.106. The fourth-order valence-electron chi connectivity index (χ4n) is 4.77. The van der Waals surface area contributed by atoms with Gasteiger partial charge in [0, 0.05) is 42.9 Å². The summed E-state index contributed by atoms with van der Waals surface area (Å²) in [7, 11) is 0. The lowest BCUT2D eigenvalue weighted by atomic mass is 9.98. The summed E-state index contributed by atoms with van der Waals surface area (Å²) in [4.78, 5) is 27.4. The maximum Gasteiger partial charge on any atom is 0.322 e. The molecule has 35 heavy (non-hydrogen) atoms. The highest BCUT2D eigenvalue weighted by Gasteiger charge is 2.29. The van der Waals surface area contributed by atoms with E-state index in [4.69, 9.17) is 14.7 Å². The number of fused-ring (bicyclic) bond motifs is 1.